The van der Waals surface area contributed by atoms with Gasteiger partial charge in [-0.25, -0.2) is 9.59 Å². The summed E-state index contributed by atoms with van der Waals surface area (Å²) in [6.45, 7) is 2.35. The van der Waals surface area contributed by atoms with Crippen molar-refractivity contribution in [2.24, 2.45) is 0 Å². The molecule has 1 aliphatic heterocycles. The van der Waals surface area contributed by atoms with Crippen LogP contribution in [0.25, 0.3) is 0 Å². The minimum Gasteiger partial charge on any atom is -0.478 e. The van der Waals surface area contributed by atoms with Crippen LogP contribution in [0.4, 0.5) is 10.5 Å². The summed E-state index contributed by atoms with van der Waals surface area (Å²) in [5, 5.41) is 24.1. The number of anilines is 1. The quantitative estimate of drug-likeness (QED) is 0.280. The average molecular weight is 523 g/mol. The Morgan fingerprint density at radius 2 is 1.76 bits per heavy atom. The van der Waals surface area contributed by atoms with E-state index in [1.165, 1.54) is 0 Å². The highest BCUT2D eigenvalue weighted by Gasteiger charge is 2.32. The van der Waals surface area contributed by atoms with E-state index in [0.717, 1.165) is 21.6 Å². The minimum atomic E-state index is -0.953. The Morgan fingerprint density at radius 1 is 1.00 bits per heavy atom. The zero-order valence-electron chi connectivity index (χ0n) is 20.4. The van der Waals surface area contributed by atoms with Crippen molar-refractivity contribution in [3.63, 3.8) is 0 Å². The third-order valence-electron chi connectivity index (χ3n) is 5.91. The highest BCUT2D eigenvalue weighted by molar-refractivity contribution is 7.99. The number of hydrogen-bond acceptors (Lipinski definition) is 6. The van der Waals surface area contributed by atoms with Gasteiger partial charge < -0.3 is 30.3 Å². The average Bonchev–Trinajstić information content (AvgIpc) is 2.92. The fourth-order valence-corrected chi connectivity index (χ4v) is 4.93. The van der Waals surface area contributed by atoms with Crippen LogP contribution in [-0.4, -0.2) is 40.6 Å². The highest BCUT2D eigenvalue weighted by atomic mass is 32.2. The molecule has 3 aromatic carbocycles. The summed E-state index contributed by atoms with van der Waals surface area (Å²) in [6, 6.07) is 21.6. The Labute approximate surface area is 220 Å². The van der Waals surface area contributed by atoms with Gasteiger partial charge in [-0.1, -0.05) is 36.4 Å². The smallest absolute Gasteiger partial charge is 0.335 e. The molecule has 4 N–H and O–H groups in total. The predicted molar refractivity (Wildman–Crippen MR) is 142 cm³/mol. The first-order valence-electron chi connectivity index (χ1n) is 12.1. The molecule has 0 bridgehead atoms. The van der Waals surface area contributed by atoms with Crippen molar-refractivity contribution in [1.29, 1.82) is 0 Å². The number of carbonyl (C=O) groups excluding carboxylic acids is 1. The molecular weight excluding hydrogens is 492 g/mol. The van der Waals surface area contributed by atoms with Gasteiger partial charge in [0.05, 0.1) is 24.4 Å². The minimum absolute atomic E-state index is 0.0249. The number of carboxylic acids is 1. The van der Waals surface area contributed by atoms with E-state index in [4.69, 9.17) is 14.6 Å². The number of hydrogen-bond donors (Lipinski definition) is 4. The molecule has 1 heterocycles. The lowest BCUT2D eigenvalue weighted by molar-refractivity contribution is -0.245. The third-order valence-corrected chi connectivity index (χ3v) is 7.05. The van der Waals surface area contributed by atoms with E-state index in [1.807, 2.05) is 49.4 Å². The van der Waals surface area contributed by atoms with Crippen LogP contribution < -0.4 is 10.6 Å². The molecule has 1 fully saturated rings. The van der Waals surface area contributed by atoms with Crippen molar-refractivity contribution in [3.05, 3.63) is 95.1 Å². The molecule has 37 heavy (non-hydrogen) atoms. The Kier molecular flexibility index (Phi) is 9.19. The molecule has 194 valence electrons. The number of thioether (sulfide) groups is 1. The van der Waals surface area contributed by atoms with Crippen LogP contribution in [0.5, 0.6) is 0 Å². The maximum absolute atomic E-state index is 12.0. The SMILES string of the molecule is CCNC(=O)Nc1cccc([C@@H]2O[C@H](CSc3ccc(C(=O)O)cc3)C[C@H](c3ccc(CO)cc3)O2)c1. The second kappa shape index (κ2) is 12.7. The first-order valence-corrected chi connectivity index (χ1v) is 13.0. The van der Waals surface area contributed by atoms with Gasteiger partial charge in [-0.2, -0.15) is 0 Å². The second-order valence-corrected chi connectivity index (χ2v) is 9.69. The molecule has 0 radical (unpaired) electrons. The van der Waals surface area contributed by atoms with Crippen LogP contribution in [0.3, 0.4) is 0 Å². The standard InChI is InChI=1S/C28H30N2O6S/c1-2-29-28(34)30-22-5-3-4-21(14-22)27-35-23(17-37-24-12-10-20(11-13-24)26(32)33)15-25(36-27)19-8-6-18(16-31)7-9-19/h3-14,23,25,27,31H,2,15-17H2,1H3,(H,32,33)(H2,29,30,34)/t23-,25+,27+/m0/s1. The number of rotatable bonds is 9. The number of amides is 2. The number of aliphatic hydroxyl groups is 1. The summed E-state index contributed by atoms with van der Waals surface area (Å²) >= 11 is 1.59. The van der Waals surface area contributed by atoms with Gasteiger partial charge in [0.1, 0.15) is 0 Å². The number of nitrogens with one attached hydrogen (secondary N) is 2. The molecule has 2 amide bonds. The molecule has 9 heteroatoms. The van der Waals surface area contributed by atoms with E-state index in [0.29, 0.717) is 24.4 Å². The van der Waals surface area contributed by atoms with Crippen molar-refractivity contribution < 1.29 is 29.3 Å². The maximum atomic E-state index is 12.0. The summed E-state index contributed by atoms with van der Waals surface area (Å²) < 4.78 is 12.7. The molecule has 1 aliphatic rings. The lowest BCUT2D eigenvalue weighted by Gasteiger charge is -2.36. The normalized spacial score (nSPS) is 19.2. The molecular formula is C28H30N2O6S. The fraction of sp³-hybridized carbons (Fsp3) is 0.286. The van der Waals surface area contributed by atoms with Crippen LogP contribution >= 0.6 is 11.8 Å². The summed E-state index contributed by atoms with van der Waals surface area (Å²) in [5.41, 5.74) is 3.48. The van der Waals surface area contributed by atoms with Gasteiger partial charge in [-0.05, 0) is 54.4 Å². The van der Waals surface area contributed by atoms with Crippen molar-refractivity contribution >= 4 is 29.4 Å². The molecule has 0 aliphatic carbocycles. The van der Waals surface area contributed by atoms with Gasteiger partial charge in [-0.15, -0.1) is 11.8 Å². The van der Waals surface area contributed by atoms with E-state index in [2.05, 4.69) is 10.6 Å². The third kappa shape index (κ3) is 7.33. The van der Waals surface area contributed by atoms with E-state index in [-0.39, 0.29) is 30.4 Å². The number of urea groups is 1. The summed E-state index contributed by atoms with van der Waals surface area (Å²) in [5.74, 6) is -0.306. The lowest BCUT2D eigenvalue weighted by atomic mass is 10.0. The van der Waals surface area contributed by atoms with Gasteiger partial charge in [0, 0.05) is 34.9 Å². The first kappa shape index (κ1) is 26.7. The molecule has 0 spiro atoms. The number of carboxylic acid groups (broad SMARTS) is 1. The van der Waals surface area contributed by atoms with E-state index >= 15 is 0 Å². The zero-order valence-corrected chi connectivity index (χ0v) is 21.2. The number of ether oxygens (including phenoxy) is 2. The van der Waals surface area contributed by atoms with Crippen LogP contribution in [0.15, 0.2) is 77.7 Å². The van der Waals surface area contributed by atoms with Crippen molar-refractivity contribution in [1.82, 2.24) is 5.32 Å². The van der Waals surface area contributed by atoms with Crippen LogP contribution in [0.1, 0.15) is 52.8 Å². The summed E-state index contributed by atoms with van der Waals surface area (Å²) in [4.78, 5) is 24.1. The monoisotopic (exact) mass is 522 g/mol. The summed E-state index contributed by atoms with van der Waals surface area (Å²) in [6.07, 6.45) is -0.393. The van der Waals surface area contributed by atoms with Crippen molar-refractivity contribution in [2.45, 2.75) is 43.3 Å². The van der Waals surface area contributed by atoms with Crippen molar-refractivity contribution in [3.8, 4) is 0 Å². The van der Waals surface area contributed by atoms with Crippen LogP contribution in [-0.2, 0) is 16.1 Å². The van der Waals surface area contributed by atoms with Gasteiger partial charge in [-0.3, -0.25) is 0 Å². The van der Waals surface area contributed by atoms with Gasteiger partial charge in [0.2, 0.25) is 0 Å². The Bertz CT molecular complexity index is 1200. The van der Waals surface area contributed by atoms with Crippen LogP contribution in [0, 0.1) is 0 Å². The number of aliphatic hydroxyl groups excluding tert-OH is 1. The topological polar surface area (TPSA) is 117 Å². The van der Waals surface area contributed by atoms with Gasteiger partial charge in [0.25, 0.3) is 0 Å². The molecule has 3 atom stereocenters. The highest BCUT2D eigenvalue weighted by Crippen LogP contribution is 2.40. The summed E-state index contributed by atoms with van der Waals surface area (Å²) in [7, 11) is 0. The molecule has 4 rings (SSSR count). The number of carbonyl (C=O) groups is 2. The lowest BCUT2D eigenvalue weighted by Crippen LogP contribution is -2.31. The number of aromatic carboxylic acids is 1. The van der Waals surface area contributed by atoms with E-state index in [1.54, 1.807) is 42.1 Å². The molecule has 1 saturated heterocycles. The molecule has 0 saturated carbocycles. The van der Waals surface area contributed by atoms with E-state index < -0.39 is 12.3 Å². The molecule has 0 unspecified atom stereocenters. The first-order chi connectivity index (χ1) is 17.9. The second-order valence-electron chi connectivity index (χ2n) is 8.60. The Balaban J connectivity index is 1.52. The zero-order chi connectivity index (χ0) is 26.2. The largest absolute Gasteiger partial charge is 0.478 e. The van der Waals surface area contributed by atoms with Gasteiger partial charge in [0.15, 0.2) is 6.29 Å². The molecule has 8 nitrogen and oxygen atoms in total. The fourth-order valence-electron chi connectivity index (χ4n) is 4.00. The Hall–Kier alpha value is -3.37. The molecule has 3 aromatic rings. The van der Waals surface area contributed by atoms with Gasteiger partial charge >= 0.3 is 12.0 Å². The number of benzene rings is 3. The molecule has 0 aromatic heterocycles. The van der Waals surface area contributed by atoms with Crippen molar-refractivity contribution in [2.75, 3.05) is 17.6 Å². The van der Waals surface area contributed by atoms with E-state index in [9.17, 15) is 14.7 Å². The Morgan fingerprint density at radius 3 is 2.43 bits per heavy atom. The maximum Gasteiger partial charge on any atom is 0.335 e. The predicted octanol–water partition coefficient (Wildman–Crippen LogP) is 5.36. The van der Waals surface area contributed by atoms with Crippen LogP contribution in [0.2, 0.25) is 0 Å².